The number of ether oxygens (including phenoxy) is 2. The summed E-state index contributed by atoms with van der Waals surface area (Å²) in [5.41, 5.74) is 1.33. The fourth-order valence-corrected chi connectivity index (χ4v) is 3.38. The van der Waals surface area contributed by atoms with Gasteiger partial charge in [-0.1, -0.05) is 24.3 Å². The van der Waals surface area contributed by atoms with Crippen LogP contribution in [0, 0.1) is 5.82 Å². The predicted molar refractivity (Wildman–Crippen MR) is 118 cm³/mol. The van der Waals surface area contributed by atoms with Gasteiger partial charge in [0.05, 0.1) is 32.0 Å². The molecule has 0 amide bonds. The van der Waals surface area contributed by atoms with E-state index >= 15 is 0 Å². The molecule has 8 heteroatoms. The van der Waals surface area contributed by atoms with E-state index in [0.717, 1.165) is 18.7 Å². The number of ketones is 1. The third-order valence-corrected chi connectivity index (χ3v) is 5.08. The molecule has 2 N–H and O–H groups in total. The second kappa shape index (κ2) is 11.5. The van der Waals surface area contributed by atoms with Crippen molar-refractivity contribution in [2.45, 2.75) is 20.1 Å². The van der Waals surface area contributed by atoms with Crippen LogP contribution in [0.2, 0.25) is 0 Å². The summed E-state index contributed by atoms with van der Waals surface area (Å²) in [6.07, 6.45) is 1.20. The predicted octanol–water partition coefficient (Wildman–Crippen LogP) is 2.89. The summed E-state index contributed by atoms with van der Waals surface area (Å²) < 4.78 is 25.0. The number of anilines is 1. The smallest absolute Gasteiger partial charge is 0.343 e. The second-order valence-electron chi connectivity index (χ2n) is 7.27. The highest BCUT2D eigenvalue weighted by Crippen LogP contribution is 2.20. The Morgan fingerprint density at radius 2 is 1.97 bits per heavy atom. The maximum Gasteiger partial charge on any atom is 0.343 e. The van der Waals surface area contributed by atoms with Gasteiger partial charge in [-0.05, 0) is 30.7 Å². The number of carbonyl (C=O) groups is 2. The summed E-state index contributed by atoms with van der Waals surface area (Å²) >= 11 is 0. The van der Waals surface area contributed by atoms with Gasteiger partial charge in [0.15, 0.2) is 0 Å². The molecule has 7 nitrogen and oxygen atoms in total. The van der Waals surface area contributed by atoms with Crippen LogP contribution in [-0.4, -0.2) is 54.7 Å². The number of benzene rings is 2. The zero-order valence-electron chi connectivity index (χ0n) is 18.0. The molecule has 1 aliphatic rings. The molecule has 0 aliphatic carbocycles. The normalized spacial score (nSPS) is 14.8. The number of para-hydroxylation sites is 1. The number of nitrogens with one attached hydrogen (secondary N) is 1. The molecule has 1 fully saturated rings. The molecule has 2 aromatic carbocycles. The summed E-state index contributed by atoms with van der Waals surface area (Å²) in [4.78, 5) is 27.8. The lowest BCUT2D eigenvalue weighted by Gasteiger charge is -2.26. The van der Waals surface area contributed by atoms with Crippen molar-refractivity contribution in [3.8, 4) is 0 Å². The van der Waals surface area contributed by atoms with E-state index in [0.29, 0.717) is 31.0 Å². The Labute approximate surface area is 186 Å². The first kappa shape index (κ1) is 23.6. The minimum absolute atomic E-state index is 0.0657. The van der Waals surface area contributed by atoms with Gasteiger partial charge in [0.1, 0.15) is 11.4 Å². The van der Waals surface area contributed by atoms with Gasteiger partial charge in [-0.3, -0.25) is 9.69 Å². The van der Waals surface area contributed by atoms with Crippen molar-refractivity contribution in [2.24, 2.45) is 0 Å². The molecule has 0 unspecified atom stereocenters. The number of halogens is 1. The third kappa shape index (κ3) is 6.00. The molecule has 0 bridgehead atoms. The van der Waals surface area contributed by atoms with Gasteiger partial charge in [-0.25, -0.2) is 9.18 Å². The lowest BCUT2D eigenvalue weighted by atomic mass is 10.0. The van der Waals surface area contributed by atoms with Gasteiger partial charge < -0.3 is 19.9 Å². The van der Waals surface area contributed by atoms with Crippen molar-refractivity contribution in [2.75, 3.05) is 38.2 Å². The lowest BCUT2D eigenvalue weighted by molar-refractivity contribution is -0.138. The average molecular weight is 442 g/mol. The zero-order valence-corrected chi connectivity index (χ0v) is 18.0. The highest BCUT2D eigenvalue weighted by molar-refractivity contribution is 6.24. The highest BCUT2D eigenvalue weighted by atomic mass is 19.1. The summed E-state index contributed by atoms with van der Waals surface area (Å²) in [6.45, 7) is 4.77. The van der Waals surface area contributed by atoms with Crippen LogP contribution in [0.15, 0.2) is 54.2 Å². The molecule has 0 atom stereocenters. The summed E-state index contributed by atoms with van der Waals surface area (Å²) in [5.74, 6) is -2.35. The van der Waals surface area contributed by atoms with Gasteiger partial charge in [0.2, 0.25) is 5.78 Å². The van der Waals surface area contributed by atoms with Crippen molar-refractivity contribution >= 4 is 17.4 Å². The topological polar surface area (TPSA) is 88.1 Å². The average Bonchev–Trinajstić information content (AvgIpc) is 2.81. The van der Waals surface area contributed by atoms with Crippen LogP contribution >= 0.6 is 0 Å². The Balaban J connectivity index is 1.88. The van der Waals surface area contributed by atoms with Crippen molar-refractivity contribution in [3.63, 3.8) is 0 Å². The third-order valence-electron chi connectivity index (χ3n) is 5.08. The molecule has 0 aromatic heterocycles. The molecular formula is C24H27FN2O5. The molecule has 1 heterocycles. The van der Waals surface area contributed by atoms with Gasteiger partial charge >= 0.3 is 5.97 Å². The summed E-state index contributed by atoms with van der Waals surface area (Å²) in [6, 6.07) is 11.2. The number of esters is 1. The maximum atomic E-state index is 14.6. The first-order valence-electron chi connectivity index (χ1n) is 10.5. The standard InChI is InChI=1S/C24H27FN2O5/c1-2-32-24(30)20(14-26-22-6-4-3-5-18(22)16-28)23(29)19-13-17(7-8-21(19)25)15-27-9-11-31-12-10-27/h3-8,13-14,26,28H,2,9-12,15-16H2,1H3. The van der Waals surface area contributed by atoms with E-state index in [1.807, 2.05) is 0 Å². The van der Waals surface area contributed by atoms with E-state index in [2.05, 4.69) is 10.2 Å². The number of hydrogen-bond donors (Lipinski definition) is 2. The van der Waals surface area contributed by atoms with Gasteiger partial charge in [-0.15, -0.1) is 0 Å². The molecule has 0 spiro atoms. The number of hydrogen-bond acceptors (Lipinski definition) is 7. The molecule has 2 aromatic rings. The Kier molecular flexibility index (Phi) is 8.49. The SMILES string of the molecule is CCOC(=O)C(=CNc1ccccc1CO)C(=O)c1cc(CN2CCOCC2)ccc1F. The fraction of sp³-hybridized carbons (Fsp3) is 0.333. The summed E-state index contributed by atoms with van der Waals surface area (Å²) in [7, 11) is 0. The molecular weight excluding hydrogens is 415 g/mol. The van der Waals surface area contributed by atoms with Crippen molar-refractivity contribution < 1.29 is 28.6 Å². The largest absolute Gasteiger partial charge is 0.462 e. The van der Waals surface area contributed by atoms with Crippen LogP contribution in [-0.2, 0) is 27.4 Å². The van der Waals surface area contributed by atoms with E-state index < -0.39 is 17.6 Å². The monoisotopic (exact) mass is 442 g/mol. The van der Waals surface area contributed by atoms with Crippen molar-refractivity contribution in [3.05, 3.63) is 76.7 Å². The number of Topliss-reactive ketones (excluding diaryl/α,β-unsaturated/α-hetero) is 1. The Hall–Kier alpha value is -3.07. The Bertz CT molecular complexity index is 986. The van der Waals surface area contributed by atoms with Crippen LogP contribution in [0.5, 0.6) is 0 Å². The minimum Gasteiger partial charge on any atom is -0.462 e. The van der Waals surface area contributed by atoms with Gasteiger partial charge in [-0.2, -0.15) is 0 Å². The van der Waals surface area contributed by atoms with E-state index in [1.54, 1.807) is 37.3 Å². The molecule has 0 saturated carbocycles. The maximum absolute atomic E-state index is 14.6. The Morgan fingerprint density at radius 3 is 2.69 bits per heavy atom. The number of carbonyl (C=O) groups excluding carboxylic acids is 2. The fourth-order valence-electron chi connectivity index (χ4n) is 3.38. The number of aliphatic hydroxyl groups excluding tert-OH is 1. The van der Waals surface area contributed by atoms with E-state index in [-0.39, 0.29) is 24.4 Å². The molecule has 170 valence electrons. The van der Waals surface area contributed by atoms with Crippen LogP contribution in [0.4, 0.5) is 10.1 Å². The molecule has 3 rings (SSSR count). The van der Waals surface area contributed by atoms with Crippen LogP contribution in [0.1, 0.15) is 28.4 Å². The van der Waals surface area contributed by atoms with Crippen LogP contribution in [0.3, 0.4) is 0 Å². The summed E-state index contributed by atoms with van der Waals surface area (Å²) in [5, 5.41) is 12.4. The van der Waals surface area contributed by atoms with E-state index in [4.69, 9.17) is 9.47 Å². The van der Waals surface area contributed by atoms with Crippen molar-refractivity contribution in [1.82, 2.24) is 4.90 Å². The lowest BCUT2D eigenvalue weighted by Crippen LogP contribution is -2.35. The Morgan fingerprint density at radius 1 is 1.22 bits per heavy atom. The molecule has 0 radical (unpaired) electrons. The zero-order chi connectivity index (χ0) is 22.9. The van der Waals surface area contributed by atoms with Gasteiger partial charge in [0, 0.05) is 37.1 Å². The van der Waals surface area contributed by atoms with Crippen LogP contribution in [0.25, 0.3) is 0 Å². The van der Waals surface area contributed by atoms with E-state index in [1.165, 1.54) is 18.3 Å². The minimum atomic E-state index is -0.857. The number of rotatable bonds is 9. The van der Waals surface area contributed by atoms with Crippen LogP contribution < -0.4 is 5.32 Å². The second-order valence-corrected chi connectivity index (χ2v) is 7.27. The first-order chi connectivity index (χ1) is 15.5. The quantitative estimate of drug-likeness (QED) is 0.203. The highest BCUT2D eigenvalue weighted by Gasteiger charge is 2.25. The van der Waals surface area contributed by atoms with Gasteiger partial charge in [0.25, 0.3) is 0 Å². The first-order valence-corrected chi connectivity index (χ1v) is 10.5. The molecule has 1 aliphatic heterocycles. The number of nitrogens with zero attached hydrogens (tertiary/aromatic N) is 1. The number of morpholine rings is 1. The van der Waals surface area contributed by atoms with E-state index in [9.17, 15) is 19.1 Å². The number of aliphatic hydroxyl groups is 1. The van der Waals surface area contributed by atoms with Crippen molar-refractivity contribution in [1.29, 1.82) is 0 Å². The molecule has 1 saturated heterocycles. The molecule has 32 heavy (non-hydrogen) atoms.